The summed E-state index contributed by atoms with van der Waals surface area (Å²) >= 11 is 0. The van der Waals surface area contributed by atoms with Crippen molar-refractivity contribution in [3.8, 4) is 22.6 Å². The molecule has 1 fully saturated rings. The molecule has 0 aliphatic heterocycles. The van der Waals surface area contributed by atoms with Crippen LogP contribution in [-0.4, -0.2) is 108 Å². The quantitative estimate of drug-likeness (QED) is 0.0232. The molecule has 8 N–H and O–H groups in total. The minimum Gasteiger partial charge on any atom is -0.497 e. The Balaban J connectivity index is 0.987. The molecule has 1 aliphatic rings. The molecule has 0 unspecified atom stereocenters. The highest BCUT2D eigenvalue weighted by molar-refractivity contribution is 5.77. The van der Waals surface area contributed by atoms with Crippen molar-refractivity contribution in [1.82, 2.24) is 35.8 Å². The first kappa shape index (κ1) is 60.0. The lowest BCUT2D eigenvalue weighted by molar-refractivity contribution is -0.137. The van der Waals surface area contributed by atoms with Gasteiger partial charge in [0.05, 0.1) is 19.2 Å². The second-order valence-corrected chi connectivity index (χ2v) is 20.6. The molecule has 1 aromatic heterocycles. The largest absolute Gasteiger partial charge is 0.497 e. The molecule has 3 amide bonds. The van der Waals surface area contributed by atoms with Crippen LogP contribution in [0.25, 0.3) is 11.1 Å². The van der Waals surface area contributed by atoms with E-state index in [2.05, 4.69) is 46.2 Å². The van der Waals surface area contributed by atoms with Gasteiger partial charge >= 0.3 is 5.97 Å². The highest BCUT2D eigenvalue weighted by Gasteiger charge is 2.34. The minimum atomic E-state index is -0.794. The van der Waals surface area contributed by atoms with Crippen LogP contribution in [0.2, 0.25) is 0 Å². The molecule has 412 valence electrons. The van der Waals surface area contributed by atoms with Gasteiger partial charge in [-0.15, -0.1) is 5.10 Å². The normalized spacial score (nSPS) is 12.9. The summed E-state index contributed by atoms with van der Waals surface area (Å²) in [7, 11) is 1.57. The number of halogens is 1. The van der Waals surface area contributed by atoms with Crippen LogP contribution in [0.5, 0.6) is 11.5 Å². The van der Waals surface area contributed by atoms with Crippen molar-refractivity contribution >= 4 is 23.7 Å². The number of ether oxygens (including phenoxy) is 2. The number of carboxylic acids is 1. The SMILES string of the molecule is COc1ccc(F)c(-c2ccc(COc3cccc([C@@H](CC(=O)O)C4CC4)c3)cc2C(C)(C)c2cn(CCCCCCCCCCCCCCC(=O)NCCN(CCC(=O)NCCN)CCC(=O)NCCN)nn2)c1. The van der Waals surface area contributed by atoms with Crippen LogP contribution in [0.3, 0.4) is 0 Å². The standard InChI is InChI=1S/C58H86FN9O7/c1-58(2,51-37-43(20-24-48(51)50-39-46(74-3)23-25-52(50)59)42-75-47-18-16-17-45(38-47)49(40-57(72)73)44-21-22-44)53-41-68(66-65-53)33-15-13-11-9-7-5-4-6-8-10-12-14-19-54(69)64-32-36-67(34-26-55(70)62-30-28-60)35-27-56(71)63-31-29-61/h16-18,20,23-25,37-39,41,44,49H,4-15,19,21-22,26-36,40,42,60-61H2,1-3H3,(H,62,70)(H,63,71)(H,64,69)(H,72,73)/t49-/m0/s1. The number of carbonyl (C=O) groups is 4. The number of hydrogen-bond acceptors (Lipinski definition) is 11. The molecule has 0 saturated heterocycles. The van der Waals surface area contributed by atoms with Crippen molar-refractivity contribution in [2.75, 3.05) is 59.5 Å². The second kappa shape index (κ2) is 32.5. The number of methoxy groups -OCH3 is 1. The van der Waals surface area contributed by atoms with Gasteiger partial charge < -0.3 is 46.9 Å². The van der Waals surface area contributed by atoms with Gasteiger partial charge in [0.15, 0.2) is 0 Å². The Morgan fingerprint density at radius 2 is 1.36 bits per heavy atom. The van der Waals surface area contributed by atoms with E-state index < -0.39 is 11.4 Å². The van der Waals surface area contributed by atoms with E-state index in [1.807, 2.05) is 52.2 Å². The first-order valence-electron chi connectivity index (χ1n) is 27.6. The third kappa shape index (κ3) is 21.3. The van der Waals surface area contributed by atoms with E-state index >= 15 is 4.39 Å². The van der Waals surface area contributed by atoms with Crippen LogP contribution < -0.4 is 36.9 Å². The van der Waals surface area contributed by atoms with Crippen molar-refractivity contribution in [1.29, 1.82) is 0 Å². The van der Waals surface area contributed by atoms with Gasteiger partial charge in [0.1, 0.15) is 23.9 Å². The lowest BCUT2D eigenvalue weighted by Gasteiger charge is -2.27. The predicted octanol–water partition coefficient (Wildman–Crippen LogP) is 8.39. The number of nitrogens with one attached hydrogen (secondary N) is 3. The smallest absolute Gasteiger partial charge is 0.303 e. The van der Waals surface area contributed by atoms with E-state index in [1.54, 1.807) is 19.2 Å². The average molecular weight is 1040 g/mol. The van der Waals surface area contributed by atoms with Crippen molar-refractivity contribution in [3.05, 3.63) is 95.1 Å². The predicted molar refractivity (Wildman–Crippen MR) is 292 cm³/mol. The highest BCUT2D eigenvalue weighted by Crippen LogP contribution is 2.45. The third-order valence-electron chi connectivity index (χ3n) is 14.2. The molecule has 1 heterocycles. The second-order valence-electron chi connectivity index (χ2n) is 20.6. The molecule has 1 saturated carbocycles. The highest BCUT2D eigenvalue weighted by atomic mass is 19.1. The number of aliphatic carboxylic acids is 1. The summed E-state index contributed by atoms with van der Waals surface area (Å²) in [6, 6.07) is 18.5. The first-order valence-corrected chi connectivity index (χ1v) is 27.6. The Kier molecular flexibility index (Phi) is 26.0. The molecule has 4 aromatic rings. The first-order chi connectivity index (χ1) is 36.3. The van der Waals surface area contributed by atoms with E-state index in [4.69, 9.17) is 20.9 Å². The van der Waals surface area contributed by atoms with Crippen molar-refractivity contribution in [2.45, 2.75) is 154 Å². The van der Waals surface area contributed by atoms with Crippen LogP contribution >= 0.6 is 0 Å². The van der Waals surface area contributed by atoms with Gasteiger partial charge in [-0.25, -0.2) is 4.39 Å². The molecule has 16 nitrogen and oxygen atoms in total. The molecule has 3 aromatic carbocycles. The number of benzene rings is 3. The zero-order valence-electron chi connectivity index (χ0n) is 45.0. The number of unbranched alkanes of at least 4 members (excludes halogenated alkanes) is 11. The van der Waals surface area contributed by atoms with Gasteiger partial charge in [-0.3, -0.25) is 23.9 Å². The van der Waals surface area contributed by atoms with E-state index in [-0.39, 0.29) is 42.5 Å². The fourth-order valence-electron chi connectivity index (χ4n) is 9.57. The van der Waals surface area contributed by atoms with Crippen molar-refractivity contribution < 1.29 is 38.1 Å². The maximum Gasteiger partial charge on any atom is 0.303 e. The topological polar surface area (TPSA) is 229 Å². The molecule has 17 heteroatoms. The van der Waals surface area contributed by atoms with Crippen LogP contribution in [0.1, 0.15) is 158 Å². The Labute approximate surface area is 444 Å². The molecule has 5 rings (SSSR count). The summed E-state index contributed by atoms with van der Waals surface area (Å²) in [6.07, 6.45) is 18.9. The molecule has 1 atom stereocenters. The van der Waals surface area contributed by atoms with Crippen LogP contribution in [0, 0.1) is 11.7 Å². The summed E-state index contributed by atoms with van der Waals surface area (Å²) in [6.45, 7) is 8.80. The zero-order chi connectivity index (χ0) is 53.8. The maximum absolute atomic E-state index is 15.6. The van der Waals surface area contributed by atoms with Crippen molar-refractivity contribution in [3.63, 3.8) is 0 Å². The Bertz CT molecular complexity index is 2350. The van der Waals surface area contributed by atoms with Gasteiger partial charge in [-0.05, 0) is 90.1 Å². The van der Waals surface area contributed by atoms with Crippen molar-refractivity contribution in [2.24, 2.45) is 17.4 Å². The number of rotatable bonds is 39. The van der Waals surface area contributed by atoms with E-state index in [0.717, 1.165) is 79.4 Å². The summed E-state index contributed by atoms with van der Waals surface area (Å²) in [5, 5.41) is 27.3. The van der Waals surface area contributed by atoms with Gasteiger partial charge in [-0.2, -0.15) is 0 Å². The summed E-state index contributed by atoms with van der Waals surface area (Å²) in [5.41, 5.74) is 15.0. The number of aryl methyl sites for hydroxylation is 1. The van der Waals surface area contributed by atoms with Crippen LogP contribution in [0.4, 0.5) is 4.39 Å². The van der Waals surface area contributed by atoms with E-state index in [1.165, 1.54) is 51.0 Å². The number of aromatic nitrogens is 3. The molecule has 75 heavy (non-hydrogen) atoms. The fourth-order valence-corrected chi connectivity index (χ4v) is 9.57. The minimum absolute atomic E-state index is 0.0304. The number of nitrogens with two attached hydrogens (primary N) is 2. The van der Waals surface area contributed by atoms with E-state index in [9.17, 15) is 24.3 Å². The molecular weight excluding hydrogens is 954 g/mol. The Morgan fingerprint density at radius 1 is 0.747 bits per heavy atom. The lowest BCUT2D eigenvalue weighted by atomic mass is 9.77. The molecular formula is C58H86FN9O7. The summed E-state index contributed by atoms with van der Waals surface area (Å²) < 4.78 is 29.3. The number of amides is 3. The third-order valence-corrected chi connectivity index (χ3v) is 14.2. The molecule has 0 bridgehead atoms. The maximum atomic E-state index is 15.6. The van der Waals surface area contributed by atoms with Gasteiger partial charge in [0.25, 0.3) is 0 Å². The van der Waals surface area contributed by atoms with Gasteiger partial charge in [0, 0.05) is 95.3 Å². The summed E-state index contributed by atoms with van der Waals surface area (Å²) in [4.78, 5) is 50.4. The number of carboxylic acid groups (broad SMARTS) is 1. The van der Waals surface area contributed by atoms with Crippen LogP contribution in [0.15, 0.2) is 66.9 Å². The van der Waals surface area contributed by atoms with Crippen LogP contribution in [-0.2, 0) is 37.7 Å². The lowest BCUT2D eigenvalue weighted by Crippen LogP contribution is -2.40. The average Bonchev–Trinajstić information content (AvgIpc) is 4.14. The monoisotopic (exact) mass is 1040 g/mol. The van der Waals surface area contributed by atoms with E-state index in [0.29, 0.717) is 94.6 Å². The number of nitrogens with zero attached hydrogens (tertiary/aromatic N) is 4. The molecule has 0 spiro atoms. The van der Waals surface area contributed by atoms with Gasteiger partial charge in [0.2, 0.25) is 17.7 Å². The molecule has 0 radical (unpaired) electrons. The Morgan fingerprint density at radius 3 is 1.97 bits per heavy atom. The summed E-state index contributed by atoms with van der Waals surface area (Å²) in [5.74, 6) is 0.309. The zero-order valence-corrected chi connectivity index (χ0v) is 45.0. The van der Waals surface area contributed by atoms with Gasteiger partial charge in [-0.1, -0.05) is 114 Å². The number of carbonyl (C=O) groups excluding carboxylic acids is 3. The number of hydrogen-bond donors (Lipinski definition) is 6. The molecule has 1 aliphatic carbocycles. The Hall–Kier alpha value is -5.91. The fraction of sp³-hybridized carbons (Fsp3) is 0.586.